The highest BCUT2D eigenvalue weighted by Gasteiger charge is 2.15. The van der Waals surface area contributed by atoms with Crippen LogP contribution in [0.5, 0.6) is 11.5 Å². The maximum Gasteiger partial charge on any atom is 0.257 e. The smallest absolute Gasteiger partial charge is 0.257 e. The molecule has 2 heterocycles. The maximum absolute atomic E-state index is 12.6. The van der Waals surface area contributed by atoms with E-state index in [1.807, 2.05) is 66.0 Å². The fourth-order valence-electron chi connectivity index (χ4n) is 3.17. The quantitative estimate of drug-likeness (QED) is 0.537. The summed E-state index contributed by atoms with van der Waals surface area (Å²) in [5.74, 6) is 1.29. The van der Waals surface area contributed by atoms with Crippen molar-refractivity contribution >= 4 is 33.1 Å². The van der Waals surface area contributed by atoms with Crippen molar-refractivity contribution in [2.45, 2.75) is 0 Å². The highest BCUT2D eigenvalue weighted by molar-refractivity contribution is 7.14. The van der Waals surface area contributed by atoms with Gasteiger partial charge in [-0.3, -0.25) is 10.1 Å². The van der Waals surface area contributed by atoms with Crippen molar-refractivity contribution in [3.05, 3.63) is 71.6 Å². The van der Waals surface area contributed by atoms with Crippen LogP contribution in [0.15, 0.2) is 66.0 Å². The Labute approximate surface area is 165 Å². The largest absolute Gasteiger partial charge is 0.486 e. The van der Waals surface area contributed by atoms with Gasteiger partial charge in [-0.1, -0.05) is 30.3 Å². The first-order chi connectivity index (χ1) is 13.8. The van der Waals surface area contributed by atoms with Gasteiger partial charge in [0.2, 0.25) is 0 Å². The highest BCUT2D eigenvalue weighted by Crippen LogP contribution is 2.35. The Bertz CT molecular complexity index is 1190. The molecule has 3 aromatic carbocycles. The highest BCUT2D eigenvalue weighted by atomic mass is 32.1. The Morgan fingerprint density at radius 2 is 1.75 bits per heavy atom. The van der Waals surface area contributed by atoms with E-state index < -0.39 is 0 Å². The third-order valence-corrected chi connectivity index (χ3v) is 5.33. The molecular formula is C22H16N2O3S. The predicted octanol–water partition coefficient (Wildman–Crippen LogP) is 4.99. The van der Waals surface area contributed by atoms with Crippen molar-refractivity contribution in [1.29, 1.82) is 0 Å². The van der Waals surface area contributed by atoms with E-state index in [0.717, 1.165) is 33.5 Å². The van der Waals surface area contributed by atoms with Crippen LogP contribution in [0, 0.1) is 0 Å². The van der Waals surface area contributed by atoms with Gasteiger partial charge in [0.05, 0.1) is 5.69 Å². The number of anilines is 1. The molecule has 28 heavy (non-hydrogen) atoms. The lowest BCUT2D eigenvalue weighted by Crippen LogP contribution is -2.15. The Morgan fingerprint density at radius 3 is 2.64 bits per heavy atom. The lowest BCUT2D eigenvalue weighted by molar-refractivity contribution is 0.102. The molecule has 1 aliphatic rings. The molecule has 0 saturated heterocycles. The van der Waals surface area contributed by atoms with E-state index in [1.54, 1.807) is 0 Å². The SMILES string of the molecule is O=C(Nc1nc(-c2ccc3c(c2)OCCO3)cs1)c1ccc2ccccc2c1. The Balaban J connectivity index is 1.36. The number of nitrogens with zero attached hydrogens (tertiary/aromatic N) is 1. The van der Waals surface area contributed by atoms with Gasteiger partial charge in [-0.15, -0.1) is 11.3 Å². The number of fused-ring (bicyclic) bond motifs is 2. The van der Waals surface area contributed by atoms with Crippen LogP contribution in [0.3, 0.4) is 0 Å². The summed E-state index contributed by atoms with van der Waals surface area (Å²) in [7, 11) is 0. The van der Waals surface area contributed by atoms with E-state index >= 15 is 0 Å². The molecule has 0 saturated carbocycles. The average molecular weight is 388 g/mol. The second-order valence-corrected chi connectivity index (χ2v) is 7.27. The summed E-state index contributed by atoms with van der Waals surface area (Å²) in [4.78, 5) is 17.2. The summed E-state index contributed by atoms with van der Waals surface area (Å²) in [6.07, 6.45) is 0. The minimum absolute atomic E-state index is 0.172. The van der Waals surface area contributed by atoms with Gasteiger partial charge in [-0.25, -0.2) is 4.98 Å². The van der Waals surface area contributed by atoms with Gasteiger partial charge >= 0.3 is 0 Å². The van der Waals surface area contributed by atoms with Crippen LogP contribution >= 0.6 is 11.3 Å². The molecule has 0 spiro atoms. The molecule has 0 aliphatic carbocycles. The van der Waals surface area contributed by atoms with Crippen molar-refractivity contribution in [3.63, 3.8) is 0 Å². The molecular weight excluding hydrogens is 372 g/mol. The van der Waals surface area contributed by atoms with E-state index in [0.29, 0.717) is 23.9 Å². The van der Waals surface area contributed by atoms with Crippen molar-refractivity contribution in [2.24, 2.45) is 0 Å². The zero-order valence-electron chi connectivity index (χ0n) is 14.8. The van der Waals surface area contributed by atoms with Crippen LogP contribution in [0.4, 0.5) is 5.13 Å². The monoisotopic (exact) mass is 388 g/mol. The van der Waals surface area contributed by atoms with Crippen LogP contribution in [0.1, 0.15) is 10.4 Å². The third kappa shape index (κ3) is 3.18. The lowest BCUT2D eigenvalue weighted by Gasteiger charge is -2.18. The zero-order valence-corrected chi connectivity index (χ0v) is 15.7. The molecule has 5 nitrogen and oxygen atoms in total. The van der Waals surface area contributed by atoms with E-state index in [9.17, 15) is 4.79 Å². The lowest BCUT2D eigenvalue weighted by atomic mass is 10.1. The Morgan fingerprint density at radius 1 is 0.929 bits per heavy atom. The molecule has 0 unspecified atom stereocenters. The minimum Gasteiger partial charge on any atom is -0.486 e. The Hall–Kier alpha value is -3.38. The number of amides is 1. The fraction of sp³-hybridized carbons (Fsp3) is 0.0909. The second kappa shape index (κ2) is 6.98. The van der Waals surface area contributed by atoms with Crippen LogP contribution in [0.25, 0.3) is 22.0 Å². The van der Waals surface area contributed by atoms with Crippen LogP contribution in [-0.4, -0.2) is 24.1 Å². The summed E-state index contributed by atoms with van der Waals surface area (Å²) in [5, 5.41) is 7.50. The molecule has 6 heteroatoms. The number of aromatic nitrogens is 1. The number of nitrogens with one attached hydrogen (secondary N) is 1. The number of ether oxygens (including phenoxy) is 2. The van der Waals surface area contributed by atoms with Gasteiger partial charge in [-0.05, 0) is 41.1 Å². The first kappa shape index (κ1) is 16.8. The predicted molar refractivity (Wildman–Crippen MR) is 110 cm³/mol. The summed E-state index contributed by atoms with van der Waals surface area (Å²) >= 11 is 1.39. The van der Waals surface area contributed by atoms with Gasteiger partial charge < -0.3 is 9.47 Å². The van der Waals surface area contributed by atoms with Gasteiger partial charge in [0.1, 0.15) is 13.2 Å². The van der Waals surface area contributed by atoms with Crippen molar-refractivity contribution in [2.75, 3.05) is 18.5 Å². The normalized spacial score (nSPS) is 12.7. The molecule has 138 valence electrons. The first-order valence-electron chi connectivity index (χ1n) is 8.92. The number of thiazole rings is 1. The number of benzene rings is 3. The van der Waals surface area contributed by atoms with Crippen LogP contribution < -0.4 is 14.8 Å². The van der Waals surface area contributed by atoms with Gasteiger partial charge in [0.25, 0.3) is 5.91 Å². The minimum atomic E-state index is -0.172. The number of hydrogen-bond acceptors (Lipinski definition) is 5. The maximum atomic E-state index is 12.6. The molecule has 4 aromatic rings. The molecule has 0 fully saturated rings. The third-order valence-electron chi connectivity index (χ3n) is 4.57. The number of carbonyl (C=O) groups is 1. The van der Waals surface area contributed by atoms with Crippen molar-refractivity contribution in [1.82, 2.24) is 4.98 Å². The van der Waals surface area contributed by atoms with Crippen LogP contribution in [-0.2, 0) is 0 Å². The number of carbonyl (C=O) groups excluding carboxylic acids is 1. The standard InChI is InChI=1S/C22H16N2O3S/c25-21(17-6-5-14-3-1-2-4-15(14)11-17)24-22-23-18(13-28-22)16-7-8-19-20(12-16)27-10-9-26-19/h1-8,11-13H,9-10H2,(H,23,24,25). The topological polar surface area (TPSA) is 60.5 Å². The molecule has 0 atom stereocenters. The average Bonchev–Trinajstić information content (AvgIpc) is 3.21. The molecule has 0 radical (unpaired) electrons. The summed E-state index contributed by atoms with van der Waals surface area (Å²) in [6.45, 7) is 1.11. The first-order valence-corrected chi connectivity index (χ1v) is 9.80. The summed E-state index contributed by atoms with van der Waals surface area (Å²) in [6, 6.07) is 19.4. The van der Waals surface area contributed by atoms with Gasteiger partial charge in [0.15, 0.2) is 16.6 Å². The van der Waals surface area contributed by atoms with Crippen LogP contribution in [0.2, 0.25) is 0 Å². The molecule has 1 amide bonds. The molecule has 0 bridgehead atoms. The van der Waals surface area contributed by atoms with E-state index in [4.69, 9.17) is 9.47 Å². The number of hydrogen-bond donors (Lipinski definition) is 1. The Kier molecular flexibility index (Phi) is 4.18. The summed E-state index contributed by atoms with van der Waals surface area (Å²) < 4.78 is 11.2. The fourth-order valence-corrected chi connectivity index (χ4v) is 3.88. The van der Waals surface area contributed by atoms with Crippen molar-refractivity contribution < 1.29 is 14.3 Å². The molecule has 1 N–H and O–H groups in total. The molecule has 5 rings (SSSR count). The summed E-state index contributed by atoms with van der Waals surface area (Å²) in [5.41, 5.74) is 2.32. The zero-order chi connectivity index (χ0) is 18.9. The second-order valence-electron chi connectivity index (χ2n) is 6.41. The van der Waals surface area contributed by atoms with Gasteiger partial charge in [0, 0.05) is 16.5 Å². The van der Waals surface area contributed by atoms with Gasteiger partial charge in [-0.2, -0.15) is 0 Å². The van der Waals surface area contributed by atoms with E-state index in [-0.39, 0.29) is 5.91 Å². The van der Waals surface area contributed by atoms with E-state index in [2.05, 4.69) is 10.3 Å². The molecule has 1 aromatic heterocycles. The van der Waals surface area contributed by atoms with Crippen molar-refractivity contribution in [3.8, 4) is 22.8 Å². The number of rotatable bonds is 3. The molecule has 1 aliphatic heterocycles. The van der Waals surface area contributed by atoms with E-state index in [1.165, 1.54) is 11.3 Å².